The lowest BCUT2D eigenvalue weighted by molar-refractivity contribution is 1.10. The highest BCUT2D eigenvalue weighted by atomic mass is 15.1. The smallest absolute Gasteiger partial charge is 0.160 e. The molecule has 14 aromatic rings. The van der Waals surface area contributed by atoms with Crippen molar-refractivity contribution in [3.63, 3.8) is 0 Å². The number of hydrogen-bond donors (Lipinski definition) is 0. The van der Waals surface area contributed by atoms with E-state index in [1.54, 1.807) is 0 Å². The fourth-order valence-corrected chi connectivity index (χ4v) is 10.6. The van der Waals surface area contributed by atoms with Crippen LogP contribution in [-0.4, -0.2) is 29.1 Å². The average molecular weight is 971 g/mol. The van der Waals surface area contributed by atoms with Crippen LogP contribution in [0.1, 0.15) is 0 Å². The fourth-order valence-electron chi connectivity index (χ4n) is 10.6. The van der Waals surface area contributed by atoms with Crippen LogP contribution in [0.4, 0.5) is 0 Å². The van der Waals surface area contributed by atoms with Crippen LogP contribution in [0.25, 0.3) is 134 Å². The van der Waals surface area contributed by atoms with Gasteiger partial charge in [0.05, 0.1) is 33.3 Å². The van der Waals surface area contributed by atoms with Crippen LogP contribution in [0.15, 0.2) is 279 Å². The van der Waals surface area contributed by atoms with Gasteiger partial charge in [0.2, 0.25) is 0 Å². The molecule has 0 N–H and O–H groups in total. The molecule has 0 radical (unpaired) electrons. The molecule has 0 aliphatic rings. The molecule has 0 aliphatic carbocycles. The highest BCUT2D eigenvalue weighted by molar-refractivity contribution is 6.05. The van der Waals surface area contributed by atoms with Crippen LogP contribution in [-0.2, 0) is 0 Å². The summed E-state index contributed by atoms with van der Waals surface area (Å²) < 4.78 is 4.49. The number of hydrogen-bond acceptors (Lipinski definition) is 4. The maximum Gasteiger partial charge on any atom is 0.160 e. The lowest BCUT2D eigenvalue weighted by atomic mass is 9.93. The Balaban J connectivity index is 0.878. The van der Waals surface area contributed by atoms with Gasteiger partial charge in [0.1, 0.15) is 11.6 Å². The molecule has 11 aromatic carbocycles. The zero-order valence-corrected chi connectivity index (χ0v) is 41.2. The molecular formula is C70H46N6. The Bertz CT molecular complexity index is 4380. The van der Waals surface area contributed by atoms with Gasteiger partial charge in [-0.15, -0.1) is 0 Å². The summed E-state index contributed by atoms with van der Waals surface area (Å²) in [6.45, 7) is 0. The molecular weight excluding hydrogens is 925 g/mol. The molecule has 0 saturated carbocycles. The summed E-state index contributed by atoms with van der Waals surface area (Å²) in [6.07, 6.45) is 0. The molecule has 0 bridgehead atoms. The number of imidazole rings is 2. The van der Waals surface area contributed by atoms with Crippen molar-refractivity contribution >= 4 is 33.0 Å². The quantitative estimate of drug-likeness (QED) is 0.137. The molecule has 0 saturated heterocycles. The monoisotopic (exact) mass is 970 g/mol. The molecule has 0 fully saturated rings. The molecule has 0 unspecified atom stereocenters. The predicted molar refractivity (Wildman–Crippen MR) is 312 cm³/mol. The van der Waals surface area contributed by atoms with E-state index in [1.165, 1.54) is 0 Å². The summed E-state index contributed by atoms with van der Waals surface area (Å²) in [6, 6.07) is 98.0. The lowest BCUT2D eigenvalue weighted by Crippen LogP contribution is -1.98. The van der Waals surface area contributed by atoms with Crippen LogP contribution in [0.2, 0.25) is 0 Å². The summed E-state index contributed by atoms with van der Waals surface area (Å²) in [4.78, 5) is 21.5. The summed E-state index contributed by atoms with van der Waals surface area (Å²) >= 11 is 0. The van der Waals surface area contributed by atoms with Crippen LogP contribution in [0.3, 0.4) is 0 Å². The van der Waals surface area contributed by atoms with E-state index >= 15 is 0 Å². The molecule has 0 aliphatic heterocycles. The molecule has 3 heterocycles. The number of nitrogens with zero attached hydrogens (tertiary/aromatic N) is 6. The molecule has 76 heavy (non-hydrogen) atoms. The molecule has 3 aromatic heterocycles. The SMILES string of the molecule is c1ccc(-c2cc(-c3ccccc3)c3nc(-c4ccc(-c5ccc6c(c5)nc(-c5ccccc5)n6-c5ccccc5)cc4)nc(-c4ccc(-c5ccc6c(c5)nc(-c5ccccc5)n6-c5ccccc5)cc4)c3c2)cc1. The van der Waals surface area contributed by atoms with Gasteiger partial charge in [-0.3, -0.25) is 9.13 Å². The van der Waals surface area contributed by atoms with Crippen molar-refractivity contribution in [2.75, 3.05) is 0 Å². The van der Waals surface area contributed by atoms with Gasteiger partial charge < -0.3 is 0 Å². The third-order valence-corrected chi connectivity index (χ3v) is 14.4. The minimum atomic E-state index is 0.654. The molecule has 0 amide bonds. The highest BCUT2D eigenvalue weighted by Crippen LogP contribution is 2.40. The van der Waals surface area contributed by atoms with Gasteiger partial charge in [-0.2, -0.15) is 0 Å². The van der Waals surface area contributed by atoms with Gasteiger partial charge in [-0.1, -0.05) is 218 Å². The van der Waals surface area contributed by atoms with E-state index in [1.807, 2.05) is 24.3 Å². The Morgan fingerprint density at radius 3 is 1.11 bits per heavy atom. The van der Waals surface area contributed by atoms with Gasteiger partial charge in [-0.25, -0.2) is 19.9 Å². The molecule has 0 atom stereocenters. The Morgan fingerprint density at radius 2 is 0.632 bits per heavy atom. The van der Waals surface area contributed by atoms with Crippen LogP contribution >= 0.6 is 0 Å². The van der Waals surface area contributed by atoms with Crippen molar-refractivity contribution in [1.82, 2.24) is 29.1 Å². The zero-order valence-electron chi connectivity index (χ0n) is 41.2. The Labute approximate surface area is 440 Å². The first-order chi connectivity index (χ1) is 37.7. The van der Waals surface area contributed by atoms with E-state index in [2.05, 4.69) is 264 Å². The van der Waals surface area contributed by atoms with Gasteiger partial charge in [0.15, 0.2) is 5.82 Å². The summed E-state index contributed by atoms with van der Waals surface area (Å²) in [5, 5.41) is 0.979. The predicted octanol–water partition coefficient (Wildman–Crippen LogP) is 17.6. The van der Waals surface area contributed by atoms with E-state index in [0.29, 0.717) is 5.82 Å². The van der Waals surface area contributed by atoms with Crippen LogP contribution in [0, 0.1) is 0 Å². The Kier molecular flexibility index (Phi) is 11.1. The third kappa shape index (κ3) is 8.11. The minimum absolute atomic E-state index is 0.654. The van der Waals surface area contributed by atoms with E-state index < -0.39 is 0 Å². The number of rotatable bonds is 10. The fraction of sp³-hybridized carbons (Fsp3) is 0. The van der Waals surface area contributed by atoms with Crippen LogP contribution in [0.5, 0.6) is 0 Å². The summed E-state index contributed by atoms with van der Waals surface area (Å²) in [7, 11) is 0. The maximum absolute atomic E-state index is 5.50. The molecule has 6 heteroatoms. The number of benzene rings is 11. The molecule has 14 rings (SSSR count). The first kappa shape index (κ1) is 44.4. The van der Waals surface area contributed by atoms with Crippen molar-refractivity contribution in [3.8, 4) is 101 Å². The highest BCUT2D eigenvalue weighted by Gasteiger charge is 2.20. The van der Waals surface area contributed by atoms with Crippen molar-refractivity contribution in [1.29, 1.82) is 0 Å². The second-order valence-corrected chi connectivity index (χ2v) is 19.1. The first-order valence-corrected chi connectivity index (χ1v) is 25.6. The summed E-state index contributed by atoms with van der Waals surface area (Å²) in [5.41, 5.74) is 20.6. The normalized spacial score (nSPS) is 11.4. The zero-order chi connectivity index (χ0) is 50.4. The number of aromatic nitrogens is 6. The molecule has 0 spiro atoms. The lowest BCUT2D eigenvalue weighted by Gasteiger charge is -2.16. The third-order valence-electron chi connectivity index (χ3n) is 14.4. The van der Waals surface area contributed by atoms with Crippen LogP contribution < -0.4 is 0 Å². The van der Waals surface area contributed by atoms with Crippen molar-refractivity contribution in [2.24, 2.45) is 0 Å². The van der Waals surface area contributed by atoms with Gasteiger partial charge in [0.25, 0.3) is 0 Å². The van der Waals surface area contributed by atoms with Crippen molar-refractivity contribution in [2.45, 2.75) is 0 Å². The van der Waals surface area contributed by atoms with Gasteiger partial charge in [-0.05, 0) is 99.6 Å². The second-order valence-electron chi connectivity index (χ2n) is 19.1. The van der Waals surface area contributed by atoms with Crippen molar-refractivity contribution < 1.29 is 0 Å². The molecule has 6 nitrogen and oxygen atoms in total. The Hall–Kier alpha value is -10.3. The van der Waals surface area contributed by atoms with E-state index in [9.17, 15) is 0 Å². The summed E-state index contributed by atoms with van der Waals surface area (Å²) in [5.74, 6) is 2.47. The van der Waals surface area contributed by atoms with E-state index in [4.69, 9.17) is 19.9 Å². The first-order valence-electron chi connectivity index (χ1n) is 25.6. The standard InChI is InChI=1S/C70H46N6/c1-7-19-47(20-8-1)57-43-60(50-21-9-2-10-22-50)67-61(44-57)66(51-35-31-48(32-36-51)55-39-41-64-62(45-55)71-69(53-23-11-3-12-24-53)75(64)58-27-15-5-16-28-58)73-68(74-67)52-37-33-49(34-38-52)56-40-42-65-63(46-56)72-70(54-25-13-4-14-26-54)76(65)59-29-17-6-18-30-59/h1-46H. The number of fused-ring (bicyclic) bond motifs is 3. The van der Waals surface area contributed by atoms with Gasteiger partial charge >= 0.3 is 0 Å². The topological polar surface area (TPSA) is 61.4 Å². The van der Waals surface area contributed by atoms with E-state index in [-0.39, 0.29) is 0 Å². The van der Waals surface area contributed by atoms with E-state index in [0.717, 1.165) is 128 Å². The largest absolute Gasteiger partial charge is 0.292 e. The number of para-hydroxylation sites is 2. The minimum Gasteiger partial charge on any atom is -0.292 e. The maximum atomic E-state index is 5.50. The Morgan fingerprint density at radius 1 is 0.250 bits per heavy atom. The van der Waals surface area contributed by atoms with Crippen molar-refractivity contribution in [3.05, 3.63) is 279 Å². The second kappa shape index (κ2) is 19.0. The molecule has 356 valence electrons. The van der Waals surface area contributed by atoms with Gasteiger partial charge in [0, 0.05) is 44.6 Å². The average Bonchev–Trinajstić information content (AvgIpc) is 4.11.